The summed E-state index contributed by atoms with van der Waals surface area (Å²) in [5.41, 5.74) is 14.9. The van der Waals surface area contributed by atoms with Crippen molar-refractivity contribution < 1.29 is 60.9 Å². The molecule has 2 aliphatic heterocycles. The van der Waals surface area contributed by atoms with Crippen LogP contribution in [-0.2, 0) is 19.1 Å². The fourth-order valence-corrected chi connectivity index (χ4v) is 5.66. The van der Waals surface area contributed by atoms with Crippen LogP contribution in [0.2, 0.25) is 0 Å². The Balaban J connectivity index is 0.000000895. The number of anilines is 2. The van der Waals surface area contributed by atoms with Crippen molar-refractivity contribution in [3.8, 4) is 0 Å². The van der Waals surface area contributed by atoms with Gasteiger partial charge in [-0.1, -0.05) is 31.9 Å². The van der Waals surface area contributed by atoms with Gasteiger partial charge in [0.15, 0.2) is 0 Å². The van der Waals surface area contributed by atoms with E-state index in [4.69, 9.17) is 31.8 Å². The summed E-state index contributed by atoms with van der Waals surface area (Å²) < 4.78 is 65.3. The number of primary amides is 2. The number of carbonyl (C=O) groups is 6. The lowest BCUT2D eigenvalue weighted by molar-refractivity contribution is -0.142. The number of nitrogens with zero attached hydrogens (tertiary/aromatic N) is 2. The summed E-state index contributed by atoms with van der Waals surface area (Å²) in [5, 5.41) is 11.2. The Morgan fingerprint density at radius 1 is 0.737 bits per heavy atom. The molecule has 2 aliphatic rings. The predicted octanol–water partition coefficient (Wildman–Crippen LogP) is 6.20. The average Bonchev–Trinajstić information content (AvgIpc) is 3.51. The third kappa shape index (κ3) is 16.8. The van der Waals surface area contributed by atoms with Gasteiger partial charge >= 0.3 is 18.2 Å². The number of nitrogens with one attached hydrogen (secondary N) is 1. The highest BCUT2D eigenvalue weighted by molar-refractivity contribution is 9.10. The SMILES string of the molecule is CC(C)(C)OC(=O)N1CC(F)(F)C[C@H]1C(=O)Nc1cc(Br)ccc1C(N)=O.CC(C)(C)OC(=O)N1CC(F)(F)C[C@H]1C(=O)O.NC(=O)c1ccc(Br)cc1N.S.S. The summed E-state index contributed by atoms with van der Waals surface area (Å²) in [6.07, 6.45) is -3.76. The van der Waals surface area contributed by atoms with Gasteiger partial charge in [0.05, 0.1) is 29.9 Å². The van der Waals surface area contributed by atoms with Gasteiger partial charge in [0.1, 0.15) is 23.3 Å². The van der Waals surface area contributed by atoms with E-state index in [2.05, 4.69) is 37.2 Å². The zero-order valence-electron chi connectivity index (χ0n) is 31.6. The Hall–Kier alpha value is -3.96. The van der Waals surface area contributed by atoms with Crippen LogP contribution in [0.15, 0.2) is 45.3 Å². The summed E-state index contributed by atoms with van der Waals surface area (Å²) in [5.74, 6) is -10.0. The maximum atomic E-state index is 13.9. The van der Waals surface area contributed by atoms with Gasteiger partial charge in [0, 0.05) is 27.5 Å². The van der Waals surface area contributed by atoms with Crippen LogP contribution in [0, 0.1) is 0 Å². The summed E-state index contributed by atoms with van der Waals surface area (Å²) in [7, 11) is 0. The van der Waals surface area contributed by atoms with E-state index in [0.29, 0.717) is 25.5 Å². The van der Waals surface area contributed by atoms with Crippen LogP contribution in [0.1, 0.15) is 75.1 Å². The zero-order valence-corrected chi connectivity index (χ0v) is 36.7. The van der Waals surface area contributed by atoms with Crippen LogP contribution in [0.5, 0.6) is 0 Å². The number of rotatable bonds is 5. The molecule has 0 spiro atoms. The van der Waals surface area contributed by atoms with Gasteiger partial charge < -0.3 is 37.1 Å². The van der Waals surface area contributed by atoms with Gasteiger partial charge in [-0.3, -0.25) is 24.2 Å². The molecule has 5 amide bonds. The number of benzene rings is 2. The molecule has 15 nitrogen and oxygen atoms in total. The van der Waals surface area contributed by atoms with Gasteiger partial charge in [0.25, 0.3) is 23.7 Å². The summed E-state index contributed by atoms with van der Waals surface area (Å²) in [6, 6.07) is 6.32. The van der Waals surface area contributed by atoms with Gasteiger partial charge in [-0.25, -0.2) is 31.9 Å². The lowest BCUT2D eigenvalue weighted by atomic mass is 10.1. The molecule has 2 heterocycles. The third-order valence-electron chi connectivity index (χ3n) is 7.17. The molecule has 23 heteroatoms. The first kappa shape index (κ1) is 53.0. The van der Waals surface area contributed by atoms with Crippen molar-refractivity contribution in [3.63, 3.8) is 0 Å². The third-order valence-corrected chi connectivity index (χ3v) is 8.15. The number of likely N-dealkylation sites (tertiary alicyclic amines) is 2. The molecule has 2 saturated heterocycles. The van der Waals surface area contributed by atoms with Gasteiger partial charge in [-0.2, -0.15) is 27.0 Å². The number of amides is 5. The largest absolute Gasteiger partial charge is 0.480 e. The van der Waals surface area contributed by atoms with Crippen molar-refractivity contribution >= 4 is 106 Å². The number of carbonyl (C=O) groups excluding carboxylic acids is 5. The Bertz CT molecular complexity index is 1820. The highest BCUT2D eigenvalue weighted by Gasteiger charge is 2.52. The van der Waals surface area contributed by atoms with Crippen LogP contribution >= 0.6 is 58.9 Å². The molecular weight excluding hydrogens is 936 g/mol. The van der Waals surface area contributed by atoms with Crippen LogP contribution in [0.25, 0.3) is 0 Å². The van der Waals surface area contributed by atoms with Gasteiger partial charge in [-0.15, -0.1) is 0 Å². The monoisotopic (exact) mass is 980 g/mol. The highest BCUT2D eigenvalue weighted by Crippen LogP contribution is 2.35. The number of nitrogen functional groups attached to an aromatic ring is 1. The molecule has 57 heavy (non-hydrogen) atoms. The minimum absolute atomic E-state index is 0. The predicted molar refractivity (Wildman–Crippen MR) is 219 cm³/mol. The Morgan fingerprint density at radius 3 is 1.51 bits per heavy atom. The lowest BCUT2D eigenvalue weighted by Gasteiger charge is -2.27. The molecule has 320 valence electrons. The quantitative estimate of drug-likeness (QED) is 0.168. The smallest absolute Gasteiger partial charge is 0.411 e. The molecule has 0 unspecified atom stereocenters. The van der Waals surface area contributed by atoms with E-state index in [-0.39, 0.29) is 38.2 Å². The fraction of sp³-hybridized carbons (Fsp3) is 0.471. The molecule has 0 saturated carbocycles. The second-order valence-corrected chi connectivity index (χ2v) is 16.2. The molecule has 2 fully saturated rings. The first-order valence-electron chi connectivity index (χ1n) is 16.1. The van der Waals surface area contributed by atoms with E-state index in [1.54, 1.807) is 65.8 Å². The number of alkyl halides is 4. The van der Waals surface area contributed by atoms with Crippen molar-refractivity contribution in [2.75, 3.05) is 24.1 Å². The standard InChI is InChI=1S/C17H20BrF2N3O4.C10H15F2NO4.C7H7BrN2O.2H2S/c1-16(2,3)27-15(26)23-8-17(19,20)7-12(23)14(25)22-11-6-9(18)4-5-10(11)13(21)24;1-9(2,3)17-8(16)13-5-10(11,12)4-6(13)7(14)15;8-4-1-2-5(7(10)11)6(9)3-4;;/h4-6,12H,7-8H2,1-3H3,(H2,21,24)(H,22,25);6H,4-5H2,1-3H3,(H,14,15);1-3H,9H2,(H2,10,11);2*1H2/t12-;6-;;;/m00.../s1. The van der Waals surface area contributed by atoms with Crippen molar-refractivity contribution in [1.29, 1.82) is 0 Å². The molecular formula is C34H46Br2F4N6O9S2. The molecule has 8 N–H and O–H groups in total. The van der Waals surface area contributed by atoms with Crippen molar-refractivity contribution in [2.24, 2.45) is 11.5 Å². The average molecular weight is 983 g/mol. The van der Waals surface area contributed by atoms with Crippen molar-refractivity contribution in [1.82, 2.24) is 9.80 Å². The molecule has 0 bridgehead atoms. The highest BCUT2D eigenvalue weighted by atomic mass is 79.9. The molecule has 0 radical (unpaired) electrons. The second kappa shape index (κ2) is 20.6. The molecule has 4 rings (SSSR count). The normalized spacial score (nSPS) is 17.8. The van der Waals surface area contributed by atoms with Crippen LogP contribution in [0.3, 0.4) is 0 Å². The maximum absolute atomic E-state index is 13.9. The van der Waals surface area contributed by atoms with Gasteiger partial charge in [0.2, 0.25) is 5.91 Å². The number of hydrogen-bond donors (Lipinski definition) is 5. The number of nitrogens with two attached hydrogens (primary N) is 3. The number of carboxylic acids is 1. The maximum Gasteiger partial charge on any atom is 0.411 e. The van der Waals surface area contributed by atoms with E-state index in [1.807, 2.05) is 0 Å². The molecule has 0 aliphatic carbocycles. The molecule has 2 aromatic carbocycles. The number of halogens is 6. The Labute approximate surface area is 356 Å². The molecule has 0 aromatic heterocycles. The topological polar surface area (TPSA) is 238 Å². The molecule has 2 atom stereocenters. The van der Waals surface area contributed by atoms with E-state index in [1.165, 1.54) is 12.1 Å². The van der Waals surface area contributed by atoms with E-state index < -0.39 is 96.9 Å². The molecule has 2 aromatic rings. The Morgan fingerprint density at radius 2 is 1.12 bits per heavy atom. The minimum Gasteiger partial charge on any atom is -0.480 e. The number of aliphatic carboxylic acids is 1. The summed E-state index contributed by atoms with van der Waals surface area (Å²) in [6.45, 7) is 7.66. The minimum atomic E-state index is -3.23. The van der Waals surface area contributed by atoms with Crippen molar-refractivity contribution in [2.45, 2.75) is 89.5 Å². The van der Waals surface area contributed by atoms with E-state index in [9.17, 15) is 46.3 Å². The first-order valence-corrected chi connectivity index (χ1v) is 17.7. The van der Waals surface area contributed by atoms with Crippen molar-refractivity contribution in [3.05, 3.63) is 56.5 Å². The van der Waals surface area contributed by atoms with E-state index >= 15 is 0 Å². The first-order chi connectivity index (χ1) is 24.9. The van der Waals surface area contributed by atoms with E-state index in [0.717, 1.165) is 4.47 Å². The number of hydrogen-bond acceptors (Lipinski definition) is 9. The van der Waals surface area contributed by atoms with Crippen LogP contribution in [0.4, 0.5) is 38.5 Å². The van der Waals surface area contributed by atoms with Gasteiger partial charge in [-0.05, 0) is 77.9 Å². The number of carboxylic acid groups (broad SMARTS) is 1. The Kier molecular flexibility index (Phi) is 19.2. The summed E-state index contributed by atoms with van der Waals surface area (Å²) >= 11 is 6.41. The lowest BCUT2D eigenvalue weighted by Crippen LogP contribution is -2.45. The number of ether oxygens (including phenoxy) is 2. The van der Waals surface area contributed by atoms with Crippen LogP contribution < -0.4 is 22.5 Å². The second-order valence-electron chi connectivity index (χ2n) is 14.3. The fourth-order valence-electron chi connectivity index (χ4n) is 4.92. The zero-order chi connectivity index (χ0) is 42.4. The summed E-state index contributed by atoms with van der Waals surface area (Å²) in [4.78, 5) is 70.7. The van der Waals surface area contributed by atoms with Crippen LogP contribution in [-0.4, -0.2) is 99.0 Å².